The number of fused-ring (bicyclic) bond motifs is 4. The molecule has 38 heavy (non-hydrogen) atoms. The lowest BCUT2D eigenvalue weighted by Crippen LogP contribution is -1.93. The van der Waals surface area contributed by atoms with E-state index in [0.29, 0.717) is 11.1 Å². The Morgan fingerprint density at radius 2 is 0.711 bits per heavy atom. The maximum atomic E-state index is 9.69. The highest BCUT2D eigenvalue weighted by Gasteiger charge is 2.19. The molecule has 0 unspecified atom stereocenters. The molecule has 0 saturated carbocycles. The highest BCUT2D eigenvalue weighted by Crippen LogP contribution is 2.46. The third-order valence-electron chi connectivity index (χ3n) is 7.44. The Morgan fingerprint density at radius 3 is 1.08 bits per heavy atom. The van der Waals surface area contributed by atoms with Crippen molar-refractivity contribution in [1.29, 1.82) is 10.5 Å². The monoisotopic (exact) mass is 480 g/mol. The van der Waals surface area contributed by atoms with E-state index < -0.39 is 0 Å². The lowest BCUT2D eigenvalue weighted by Gasteiger charge is -2.19. The van der Waals surface area contributed by atoms with Gasteiger partial charge in [0.1, 0.15) is 12.1 Å². The second kappa shape index (κ2) is 8.59. The lowest BCUT2D eigenvalue weighted by molar-refractivity contribution is 1.45. The van der Waals surface area contributed by atoms with Crippen LogP contribution in [0.2, 0.25) is 0 Å². The molecular formula is C36H20N2. The van der Waals surface area contributed by atoms with Gasteiger partial charge in [0.25, 0.3) is 0 Å². The fourth-order valence-electron chi connectivity index (χ4n) is 5.72. The van der Waals surface area contributed by atoms with Gasteiger partial charge in [0.2, 0.25) is 0 Å². The van der Waals surface area contributed by atoms with Crippen molar-refractivity contribution in [1.82, 2.24) is 0 Å². The summed E-state index contributed by atoms with van der Waals surface area (Å²) < 4.78 is 0. The van der Waals surface area contributed by atoms with Crippen LogP contribution in [0.1, 0.15) is 11.1 Å². The summed E-state index contributed by atoms with van der Waals surface area (Å²) in [6.45, 7) is 0. The maximum absolute atomic E-state index is 9.69. The average Bonchev–Trinajstić information content (AvgIpc) is 2.98. The molecule has 7 aromatic rings. The van der Waals surface area contributed by atoms with Crippen LogP contribution in [-0.4, -0.2) is 0 Å². The largest absolute Gasteiger partial charge is 0.192 e. The first-order valence-corrected chi connectivity index (χ1v) is 12.6. The molecule has 7 aromatic carbocycles. The molecule has 0 bridgehead atoms. The first kappa shape index (κ1) is 21.8. The molecule has 0 aliphatic rings. The summed E-state index contributed by atoms with van der Waals surface area (Å²) in [5, 5.41) is 28.3. The number of hydrogen-bond donors (Lipinski definition) is 0. The molecule has 0 heterocycles. The first-order valence-electron chi connectivity index (χ1n) is 12.6. The summed E-state index contributed by atoms with van der Waals surface area (Å²) >= 11 is 0. The molecule has 0 aromatic heterocycles. The summed E-state index contributed by atoms with van der Waals surface area (Å²) in [4.78, 5) is 0. The van der Waals surface area contributed by atoms with Crippen molar-refractivity contribution in [3.8, 4) is 34.4 Å². The van der Waals surface area contributed by atoms with Crippen LogP contribution in [0.15, 0.2) is 121 Å². The zero-order valence-electron chi connectivity index (χ0n) is 20.4. The van der Waals surface area contributed by atoms with E-state index in [1.54, 1.807) is 0 Å². The Hall–Kier alpha value is -5.44. The van der Waals surface area contributed by atoms with Gasteiger partial charge in [-0.05, 0) is 102 Å². The van der Waals surface area contributed by atoms with Gasteiger partial charge in [-0.15, -0.1) is 0 Å². The molecule has 0 amide bonds. The van der Waals surface area contributed by atoms with Gasteiger partial charge in [-0.3, -0.25) is 0 Å². The van der Waals surface area contributed by atoms with E-state index in [1.807, 2.05) is 24.3 Å². The van der Waals surface area contributed by atoms with Crippen molar-refractivity contribution < 1.29 is 0 Å². The van der Waals surface area contributed by atoms with E-state index >= 15 is 0 Å². The third kappa shape index (κ3) is 3.33. The highest BCUT2D eigenvalue weighted by molar-refractivity contribution is 6.25. The van der Waals surface area contributed by atoms with Crippen molar-refractivity contribution in [2.24, 2.45) is 0 Å². The molecule has 2 nitrogen and oxygen atoms in total. The molecule has 0 N–H and O–H groups in total. The summed E-state index contributed by atoms with van der Waals surface area (Å²) in [5.41, 5.74) is 5.43. The summed E-state index contributed by atoms with van der Waals surface area (Å²) in [6.07, 6.45) is 0. The molecule has 2 heteroatoms. The number of rotatable bonds is 2. The molecule has 174 valence electrons. The lowest BCUT2D eigenvalue weighted by atomic mass is 9.83. The second-order valence-electron chi connectivity index (χ2n) is 9.59. The highest BCUT2D eigenvalue weighted by atomic mass is 14.3. The fraction of sp³-hybridized carbons (Fsp3) is 0. The van der Waals surface area contributed by atoms with E-state index in [9.17, 15) is 10.5 Å². The second-order valence-corrected chi connectivity index (χ2v) is 9.59. The van der Waals surface area contributed by atoms with Gasteiger partial charge in [-0.2, -0.15) is 10.5 Å². The number of benzene rings is 7. The first-order chi connectivity index (χ1) is 18.7. The Morgan fingerprint density at radius 1 is 0.368 bits per heavy atom. The topological polar surface area (TPSA) is 47.6 Å². The van der Waals surface area contributed by atoms with Gasteiger partial charge in [-0.25, -0.2) is 0 Å². The molecular weight excluding hydrogens is 460 g/mol. The molecule has 0 atom stereocenters. The zero-order valence-corrected chi connectivity index (χ0v) is 20.4. The molecule has 0 aliphatic heterocycles. The number of nitriles is 2. The van der Waals surface area contributed by atoms with E-state index in [1.165, 1.54) is 32.7 Å². The van der Waals surface area contributed by atoms with Crippen LogP contribution in [0, 0.1) is 22.7 Å². The standard InChI is InChI=1S/C36H20N2/c37-21-29-15-27-19-33-34(20-28(27)16-30(29)22-38)36(24-11-5-2-6-12-24)32-18-26-14-8-7-13-25(26)17-31(32)35(33)23-9-3-1-4-10-23/h1-20H. The number of nitrogens with zero attached hydrogens (tertiary/aromatic N) is 2. The Bertz CT molecular complexity index is 1970. The van der Waals surface area contributed by atoms with Gasteiger partial charge < -0.3 is 0 Å². The predicted octanol–water partition coefficient (Wildman–Crippen LogP) is 9.38. The molecule has 7 rings (SSSR count). The summed E-state index contributed by atoms with van der Waals surface area (Å²) in [7, 11) is 0. The summed E-state index contributed by atoms with van der Waals surface area (Å²) in [6, 6.07) is 46.6. The van der Waals surface area contributed by atoms with Crippen LogP contribution in [0.25, 0.3) is 65.3 Å². The van der Waals surface area contributed by atoms with Crippen molar-refractivity contribution >= 4 is 43.1 Å². The molecule has 0 fully saturated rings. The van der Waals surface area contributed by atoms with Crippen molar-refractivity contribution in [2.75, 3.05) is 0 Å². The van der Waals surface area contributed by atoms with Crippen molar-refractivity contribution in [3.63, 3.8) is 0 Å². The zero-order chi connectivity index (χ0) is 25.6. The molecule has 0 saturated heterocycles. The minimum absolute atomic E-state index is 0.399. The smallest absolute Gasteiger partial charge is 0.101 e. The molecule has 0 spiro atoms. The SMILES string of the molecule is N#Cc1cc2cc3c(-c4ccccc4)c4cc5ccccc5cc4c(-c4ccccc4)c3cc2cc1C#N. The van der Waals surface area contributed by atoms with Crippen LogP contribution in [0.4, 0.5) is 0 Å². The molecule has 0 radical (unpaired) electrons. The average molecular weight is 481 g/mol. The van der Waals surface area contributed by atoms with Crippen LogP contribution >= 0.6 is 0 Å². The Balaban J connectivity index is 1.77. The maximum Gasteiger partial charge on any atom is 0.101 e. The van der Waals surface area contributed by atoms with E-state index in [2.05, 4.69) is 109 Å². The van der Waals surface area contributed by atoms with E-state index in [-0.39, 0.29) is 0 Å². The normalized spacial score (nSPS) is 11.1. The van der Waals surface area contributed by atoms with Gasteiger partial charge in [0, 0.05) is 0 Å². The van der Waals surface area contributed by atoms with Crippen LogP contribution in [-0.2, 0) is 0 Å². The third-order valence-corrected chi connectivity index (χ3v) is 7.44. The number of hydrogen-bond acceptors (Lipinski definition) is 2. The van der Waals surface area contributed by atoms with E-state index in [0.717, 1.165) is 32.7 Å². The van der Waals surface area contributed by atoms with Crippen LogP contribution < -0.4 is 0 Å². The van der Waals surface area contributed by atoms with Crippen LogP contribution in [0.5, 0.6) is 0 Å². The van der Waals surface area contributed by atoms with Crippen molar-refractivity contribution in [3.05, 3.63) is 132 Å². The minimum atomic E-state index is 0.399. The molecule has 0 aliphatic carbocycles. The van der Waals surface area contributed by atoms with Crippen molar-refractivity contribution in [2.45, 2.75) is 0 Å². The van der Waals surface area contributed by atoms with Gasteiger partial charge >= 0.3 is 0 Å². The van der Waals surface area contributed by atoms with E-state index in [4.69, 9.17) is 0 Å². The Labute approximate surface area is 220 Å². The summed E-state index contributed by atoms with van der Waals surface area (Å²) in [5.74, 6) is 0. The Kier molecular flexibility index (Phi) is 4.93. The van der Waals surface area contributed by atoms with Gasteiger partial charge in [-0.1, -0.05) is 84.9 Å². The van der Waals surface area contributed by atoms with Gasteiger partial charge in [0.15, 0.2) is 0 Å². The predicted molar refractivity (Wildman–Crippen MR) is 157 cm³/mol. The quantitative estimate of drug-likeness (QED) is 0.231. The van der Waals surface area contributed by atoms with Gasteiger partial charge in [0.05, 0.1) is 11.1 Å². The minimum Gasteiger partial charge on any atom is -0.192 e. The fourth-order valence-corrected chi connectivity index (χ4v) is 5.72. The van der Waals surface area contributed by atoms with Crippen LogP contribution in [0.3, 0.4) is 0 Å².